The van der Waals surface area contributed by atoms with Gasteiger partial charge in [-0.25, -0.2) is 8.42 Å². The largest absolute Gasteiger partial charge is 0.352 e. The topological polar surface area (TPSA) is 78.5 Å². The van der Waals surface area contributed by atoms with E-state index in [1.807, 2.05) is 7.05 Å². The lowest BCUT2D eigenvalue weighted by Crippen LogP contribution is -2.28. The van der Waals surface area contributed by atoms with Gasteiger partial charge in [-0.3, -0.25) is 9.10 Å². The first-order valence-corrected chi connectivity index (χ1v) is 9.95. The average molecular weight is 396 g/mol. The van der Waals surface area contributed by atoms with Gasteiger partial charge in [-0.15, -0.1) is 0 Å². The number of nitrogens with one attached hydrogen (secondary N) is 2. The first-order chi connectivity index (χ1) is 12.4. The van der Waals surface area contributed by atoms with Gasteiger partial charge in [0.05, 0.1) is 10.6 Å². The maximum atomic E-state index is 12.9. The number of rotatable bonds is 8. The third-order valence-electron chi connectivity index (χ3n) is 3.82. The van der Waals surface area contributed by atoms with E-state index in [0.29, 0.717) is 22.8 Å². The molecule has 0 aliphatic heterocycles. The molecule has 1 amide bonds. The zero-order valence-electron chi connectivity index (χ0n) is 14.7. The van der Waals surface area contributed by atoms with Crippen molar-refractivity contribution in [3.8, 4) is 0 Å². The minimum atomic E-state index is -3.81. The summed E-state index contributed by atoms with van der Waals surface area (Å²) in [5.74, 6) is -0.302. The molecule has 0 saturated heterocycles. The van der Waals surface area contributed by atoms with Crippen molar-refractivity contribution >= 4 is 33.2 Å². The number of hydrogen-bond donors (Lipinski definition) is 2. The van der Waals surface area contributed by atoms with E-state index in [0.717, 1.165) is 17.3 Å². The molecule has 0 atom stereocenters. The van der Waals surface area contributed by atoms with E-state index >= 15 is 0 Å². The lowest BCUT2D eigenvalue weighted by atomic mass is 10.2. The second-order valence-electron chi connectivity index (χ2n) is 5.69. The van der Waals surface area contributed by atoms with Crippen LogP contribution in [0.5, 0.6) is 0 Å². The minimum Gasteiger partial charge on any atom is -0.352 e. The monoisotopic (exact) mass is 395 g/mol. The number of amides is 1. The van der Waals surface area contributed by atoms with Crippen LogP contribution in [-0.4, -0.2) is 41.5 Å². The van der Waals surface area contributed by atoms with E-state index in [1.165, 1.54) is 19.2 Å². The molecule has 0 aliphatic rings. The molecule has 0 heterocycles. The summed E-state index contributed by atoms with van der Waals surface area (Å²) in [5.41, 5.74) is 0.745. The number of nitrogens with zero attached hydrogens (tertiary/aromatic N) is 1. The molecule has 2 aromatic rings. The molecule has 0 saturated carbocycles. The Morgan fingerprint density at radius 1 is 1.12 bits per heavy atom. The van der Waals surface area contributed by atoms with Gasteiger partial charge in [0.15, 0.2) is 0 Å². The van der Waals surface area contributed by atoms with Crippen LogP contribution in [-0.2, 0) is 10.0 Å². The Morgan fingerprint density at radius 3 is 2.54 bits per heavy atom. The maximum Gasteiger partial charge on any atom is 0.264 e. The zero-order chi connectivity index (χ0) is 19.2. The van der Waals surface area contributed by atoms with Gasteiger partial charge in [-0.05, 0) is 56.4 Å². The van der Waals surface area contributed by atoms with Gasteiger partial charge in [0, 0.05) is 24.2 Å². The van der Waals surface area contributed by atoms with Gasteiger partial charge in [-0.2, -0.15) is 0 Å². The molecule has 0 spiro atoms. The first-order valence-electron chi connectivity index (χ1n) is 8.13. The molecule has 140 valence electrons. The first kappa shape index (κ1) is 20.2. The van der Waals surface area contributed by atoms with Crippen molar-refractivity contribution in [1.82, 2.24) is 10.6 Å². The molecule has 0 radical (unpaired) electrons. The van der Waals surface area contributed by atoms with Gasteiger partial charge in [-0.1, -0.05) is 23.7 Å². The van der Waals surface area contributed by atoms with Crippen LogP contribution in [0.1, 0.15) is 16.8 Å². The summed E-state index contributed by atoms with van der Waals surface area (Å²) < 4.78 is 26.9. The molecule has 0 aromatic heterocycles. The summed E-state index contributed by atoms with van der Waals surface area (Å²) in [7, 11) is -0.520. The van der Waals surface area contributed by atoms with E-state index in [9.17, 15) is 13.2 Å². The highest BCUT2D eigenvalue weighted by Gasteiger charge is 2.22. The Labute approximate surface area is 159 Å². The zero-order valence-corrected chi connectivity index (χ0v) is 16.3. The average Bonchev–Trinajstić information content (AvgIpc) is 2.64. The van der Waals surface area contributed by atoms with Gasteiger partial charge in [0.25, 0.3) is 15.9 Å². The van der Waals surface area contributed by atoms with Crippen LogP contribution in [0.15, 0.2) is 53.4 Å². The highest BCUT2D eigenvalue weighted by molar-refractivity contribution is 7.92. The molecule has 0 fully saturated rings. The van der Waals surface area contributed by atoms with Crippen LogP contribution in [0.2, 0.25) is 5.02 Å². The van der Waals surface area contributed by atoms with E-state index < -0.39 is 10.0 Å². The van der Waals surface area contributed by atoms with Crippen LogP contribution in [0, 0.1) is 0 Å². The third-order valence-corrected chi connectivity index (χ3v) is 5.83. The van der Waals surface area contributed by atoms with Crippen molar-refractivity contribution in [2.75, 3.05) is 31.5 Å². The van der Waals surface area contributed by atoms with Crippen molar-refractivity contribution in [1.29, 1.82) is 0 Å². The van der Waals surface area contributed by atoms with Crippen LogP contribution in [0.25, 0.3) is 0 Å². The fraction of sp³-hybridized carbons (Fsp3) is 0.278. The number of carbonyl (C=O) groups excluding carboxylic acids is 1. The molecule has 2 aromatic carbocycles. The summed E-state index contributed by atoms with van der Waals surface area (Å²) in [4.78, 5) is 12.3. The fourth-order valence-corrected chi connectivity index (χ4v) is 3.75. The molecule has 0 aliphatic carbocycles. The molecular weight excluding hydrogens is 374 g/mol. The van der Waals surface area contributed by atoms with Crippen LogP contribution in [0.3, 0.4) is 0 Å². The highest BCUT2D eigenvalue weighted by atomic mass is 35.5. The van der Waals surface area contributed by atoms with Crippen molar-refractivity contribution in [2.45, 2.75) is 11.3 Å². The number of carbonyl (C=O) groups is 1. The Balaban J connectivity index is 2.21. The Bertz CT molecular complexity index is 871. The Morgan fingerprint density at radius 2 is 1.85 bits per heavy atom. The standard InChI is InChI=1S/C18H22ClN3O3S/c1-20-10-5-11-21-18(23)14-6-3-9-17(12-14)26(24,25)22(2)16-8-4-7-15(19)13-16/h3-4,6-9,12-13,20H,5,10-11H2,1-2H3,(H,21,23). The number of sulfonamides is 1. The predicted octanol–water partition coefficient (Wildman–Crippen LogP) is 2.50. The molecule has 2 rings (SSSR count). The van der Waals surface area contributed by atoms with Gasteiger partial charge < -0.3 is 10.6 Å². The molecule has 26 heavy (non-hydrogen) atoms. The summed E-state index contributed by atoms with van der Waals surface area (Å²) in [6.07, 6.45) is 0.789. The normalized spacial score (nSPS) is 11.2. The number of benzene rings is 2. The quantitative estimate of drug-likeness (QED) is 0.673. The summed E-state index contributed by atoms with van der Waals surface area (Å²) in [6.45, 7) is 1.30. The smallest absolute Gasteiger partial charge is 0.264 e. The predicted molar refractivity (Wildman–Crippen MR) is 104 cm³/mol. The third kappa shape index (κ3) is 4.97. The SMILES string of the molecule is CNCCCNC(=O)c1cccc(S(=O)(=O)N(C)c2cccc(Cl)c2)c1. The van der Waals surface area contributed by atoms with Crippen LogP contribution in [0.4, 0.5) is 5.69 Å². The number of hydrogen-bond acceptors (Lipinski definition) is 4. The van der Waals surface area contributed by atoms with Crippen molar-refractivity contribution in [3.63, 3.8) is 0 Å². The van der Waals surface area contributed by atoms with Crippen LogP contribution >= 0.6 is 11.6 Å². The fourth-order valence-electron chi connectivity index (χ4n) is 2.34. The van der Waals surface area contributed by atoms with E-state index in [1.54, 1.807) is 36.4 Å². The lowest BCUT2D eigenvalue weighted by molar-refractivity contribution is 0.0953. The van der Waals surface area contributed by atoms with Crippen molar-refractivity contribution < 1.29 is 13.2 Å². The number of halogens is 1. The molecule has 0 unspecified atom stereocenters. The maximum absolute atomic E-state index is 12.9. The van der Waals surface area contributed by atoms with E-state index in [2.05, 4.69) is 10.6 Å². The molecule has 8 heteroatoms. The summed E-state index contributed by atoms with van der Waals surface area (Å²) >= 11 is 5.94. The van der Waals surface area contributed by atoms with Crippen LogP contribution < -0.4 is 14.9 Å². The molecule has 0 bridgehead atoms. The van der Waals surface area contributed by atoms with Gasteiger partial charge >= 0.3 is 0 Å². The minimum absolute atomic E-state index is 0.0443. The molecule has 6 nitrogen and oxygen atoms in total. The summed E-state index contributed by atoms with van der Waals surface area (Å²) in [5, 5.41) is 6.22. The van der Waals surface area contributed by atoms with Crippen molar-refractivity contribution in [3.05, 3.63) is 59.1 Å². The second-order valence-corrected chi connectivity index (χ2v) is 8.10. The molecule has 2 N–H and O–H groups in total. The van der Waals surface area contributed by atoms with Crippen molar-refractivity contribution in [2.24, 2.45) is 0 Å². The lowest BCUT2D eigenvalue weighted by Gasteiger charge is -2.20. The van der Waals surface area contributed by atoms with Gasteiger partial charge in [0.1, 0.15) is 0 Å². The Kier molecular flexibility index (Phi) is 7.02. The number of anilines is 1. The highest BCUT2D eigenvalue weighted by Crippen LogP contribution is 2.25. The van der Waals surface area contributed by atoms with E-state index in [-0.39, 0.29) is 10.8 Å². The second kappa shape index (κ2) is 9.02. The Hall–Kier alpha value is -2.09. The summed E-state index contributed by atoms with van der Waals surface area (Å²) in [6, 6.07) is 12.6. The van der Waals surface area contributed by atoms with Gasteiger partial charge in [0.2, 0.25) is 0 Å². The van der Waals surface area contributed by atoms with E-state index in [4.69, 9.17) is 11.6 Å². The molecular formula is C18H22ClN3O3S.